The van der Waals surface area contributed by atoms with Gasteiger partial charge in [0.05, 0.1) is 18.6 Å². The third kappa shape index (κ3) is 2.09. The summed E-state index contributed by atoms with van der Waals surface area (Å²) in [6.07, 6.45) is 6.23. The minimum absolute atomic E-state index is 0.432. The molecule has 1 N–H and O–H groups in total. The van der Waals surface area contributed by atoms with Crippen molar-refractivity contribution < 1.29 is 9.90 Å². The van der Waals surface area contributed by atoms with Crippen LogP contribution in [-0.4, -0.2) is 27.2 Å². The van der Waals surface area contributed by atoms with E-state index < -0.39 is 11.9 Å². The Labute approximate surface area is 122 Å². The fourth-order valence-electron chi connectivity index (χ4n) is 3.18. The van der Waals surface area contributed by atoms with Crippen molar-refractivity contribution in [1.82, 2.24) is 9.55 Å². The first-order chi connectivity index (χ1) is 10.2. The molecule has 0 spiro atoms. The van der Waals surface area contributed by atoms with Gasteiger partial charge in [0.2, 0.25) is 0 Å². The van der Waals surface area contributed by atoms with E-state index >= 15 is 0 Å². The van der Waals surface area contributed by atoms with Crippen LogP contribution in [-0.2, 0) is 11.3 Å². The summed E-state index contributed by atoms with van der Waals surface area (Å²) in [4.78, 5) is 17.9. The van der Waals surface area contributed by atoms with Gasteiger partial charge in [-0.1, -0.05) is 18.2 Å². The monoisotopic (exact) mass is 283 g/mol. The van der Waals surface area contributed by atoms with Gasteiger partial charge in [0, 0.05) is 24.5 Å². The number of rotatable bonds is 4. The molecule has 21 heavy (non-hydrogen) atoms. The highest BCUT2D eigenvalue weighted by Crippen LogP contribution is 2.39. The first-order valence-corrected chi connectivity index (χ1v) is 7.31. The maximum Gasteiger partial charge on any atom is 0.312 e. The smallest absolute Gasteiger partial charge is 0.312 e. The molecule has 0 radical (unpaired) electrons. The molecular weight excluding hydrogens is 266 g/mol. The number of anilines is 1. The Morgan fingerprint density at radius 2 is 2.14 bits per heavy atom. The Morgan fingerprint density at radius 1 is 1.33 bits per heavy atom. The zero-order chi connectivity index (χ0) is 14.4. The first kappa shape index (κ1) is 12.4. The van der Waals surface area contributed by atoms with Gasteiger partial charge in [-0.05, 0) is 24.5 Å². The number of hydrogen-bond donors (Lipinski definition) is 1. The average molecular weight is 283 g/mol. The van der Waals surface area contributed by atoms with Gasteiger partial charge in [-0.2, -0.15) is 0 Å². The summed E-state index contributed by atoms with van der Waals surface area (Å²) in [6, 6.07) is 8.40. The van der Waals surface area contributed by atoms with Crippen molar-refractivity contribution in [3.8, 4) is 0 Å². The zero-order valence-electron chi connectivity index (χ0n) is 11.6. The van der Waals surface area contributed by atoms with Gasteiger partial charge in [0.1, 0.15) is 5.92 Å². The van der Waals surface area contributed by atoms with Crippen LogP contribution < -0.4 is 4.90 Å². The van der Waals surface area contributed by atoms with Crippen LogP contribution in [0.4, 0.5) is 5.69 Å². The minimum atomic E-state index is -0.749. The number of hydrogen-bond acceptors (Lipinski definition) is 3. The van der Waals surface area contributed by atoms with Crippen molar-refractivity contribution in [2.75, 3.05) is 11.4 Å². The van der Waals surface area contributed by atoms with Gasteiger partial charge in [-0.15, -0.1) is 0 Å². The molecule has 2 aromatic rings. The number of imidazole rings is 1. The molecule has 108 valence electrons. The number of carbonyl (C=O) groups is 1. The summed E-state index contributed by atoms with van der Waals surface area (Å²) < 4.78 is 2.23. The van der Waals surface area contributed by atoms with E-state index in [0.29, 0.717) is 12.6 Å². The molecule has 1 fully saturated rings. The summed E-state index contributed by atoms with van der Waals surface area (Å²) >= 11 is 0. The molecule has 0 amide bonds. The molecule has 2 aliphatic rings. The van der Waals surface area contributed by atoms with Crippen LogP contribution in [0, 0.1) is 0 Å². The standard InChI is InChI=1S/C16H17N3O2/c20-16(21)14-9-18(15-4-2-1-3-13(14)15)8-12-7-17-10-19(12)11-5-6-11/h1-4,7,10-11,14H,5-6,8-9H2,(H,20,21). The number of para-hydroxylation sites is 1. The third-order valence-electron chi connectivity index (χ3n) is 4.39. The lowest BCUT2D eigenvalue weighted by Crippen LogP contribution is -2.25. The van der Waals surface area contributed by atoms with Crippen molar-refractivity contribution in [2.24, 2.45) is 0 Å². The quantitative estimate of drug-likeness (QED) is 0.936. The molecule has 1 saturated carbocycles. The lowest BCUT2D eigenvalue weighted by atomic mass is 10.0. The summed E-state index contributed by atoms with van der Waals surface area (Å²) in [6.45, 7) is 1.25. The van der Waals surface area contributed by atoms with Crippen LogP contribution in [0.1, 0.15) is 36.1 Å². The van der Waals surface area contributed by atoms with Gasteiger partial charge in [-0.25, -0.2) is 4.98 Å². The van der Waals surface area contributed by atoms with E-state index in [4.69, 9.17) is 0 Å². The number of carboxylic acid groups (broad SMARTS) is 1. The number of aliphatic carboxylic acids is 1. The Bertz CT molecular complexity index is 690. The van der Waals surface area contributed by atoms with Crippen LogP contribution in [0.2, 0.25) is 0 Å². The molecule has 5 nitrogen and oxygen atoms in total. The highest BCUT2D eigenvalue weighted by Gasteiger charge is 2.34. The maximum absolute atomic E-state index is 11.5. The fraction of sp³-hybridized carbons (Fsp3) is 0.375. The van der Waals surface area contributed by atoms with E-state index in [1.807, 2.05) is 36.8 Å². The molecule has 1 aromatic heterocycles. The van der Waals surface area contributed by atoms with Gasteiger partial charge in [0.25, 0.3) is 0 Å². The van der Waals surface area contributed by atoms with E-state index in [1.165, 1.54) is 18.5 Å². The van der Waals surface area contributed by atoms with Gasteiger partial charge in [-0.3, -0.25) is 4.79 Å². The predicted molar refractivity (Wildman–Crippen MR) is 78.4 cm³/mol. The van der Waals surface area contributed by atoms with E-state index in [0.717, 1.165) is 17.8 Å². The second-order valence-corrected chi connectivity index (χ2v) is 5.85. The highest BCUT2D eigenvalue weighted by molar-refractivity contribution is 5.82. The molecule has 1 aliphatic heterocycles. The SMILES string of the molecule is O=C(O)C1CN(Cc2cncn2C2CC2)c2ccccc21. The largest absolute Gasteiger partial charge is 0.481 e. The minimum Gasteiger partial charge on any atom is -0.481 e. The van der Waals surface area contributed by atoms with Crippen molar-refractivity contribution >= 4 is 11.7 Å². The van der Waals surface area contributed by atoms with Crippen LogP contribution in [0.5, 0.6) is 0 Å². The van der Waals surface area contributed by atoms with Gasteiger partial charge < -0.3 is 14.6 Å². The van der Waals surface area contributed by atoms with Crippen LogP contribution >= 0.6 is 0 Å². The number of fused-ring (bicyclic) bond motifs is 1. The van der Waals surface area contributed by atoms with Crippen molar-refractivity contribution in [2.45, 2.75) is 31.3 Å². The normalized spacial score (nSPS) is 20.6. The van der Waals surface area contributed by atoms with Crippen molar-refractivity contribution in [3.63, 3.8) is 0 Å². The molecule has 2 heterocycles. The Balaban J connectivity index is 1.64. The molecular formula is C16H17N3O2. The molecule has 5 heteroatoms. The number of aromatic nitrogens is 2. The highest BCUT2D eigenvalue weighted by atomic mass is 16.4. The number of benzene rings is 1. The molecule has 1 aliphatic carbocycles. The van der Waals surface area contributed by atoms with Crippen LogP contribution in [0.25, 0.3) is 0 Å². The second-order valence-electron chi connectivity index (χ2n) is 5.85. The van der Waals surface area contributed by atoms with Gasteiger partial charge in [0.15, 0.2) is 0 Å². The molecule has 0 bridgehead atoms. The molecule has 1 aromatic carbocycles. The number of nitrogens with zero attached hydrogens (tertiary/aromatic N) is 3. The Hall–Kier alpha value is -2.30. The topological polar surface area (TPSA) is 58.4 Å². The van der Waals surface area contributed by atoms with Crippen LogP contribution in [0.15, 0.2) is 36.8 Å². The van der Waals surface area contributed by atoms with E-state index in [9.17, 15) is 9.90 Å². The van der Waals surface area contributed by atoms with Crippen molar-refractivity contribution in [1.29, 1.82) is 0 Å². The summed E-state index contributed by atoms with van der Waals surface area (Å²) in [5.74, 6) is -1.18. The predicted octanol–water partition coefficient (Wildman–Crippen LogP) is 2.41. The molecule has 4 rings (SSSR count). The molecule has 1 atom stereocenters. The Kier molecular flexibility index (Phi) is 2.74. The summed E-state index contributed by atoms with van der Waals surface area (Å²) in [5.41, 5.74) is 3.12. The Morgan fingerprint density at radius 3 is 2.90 bits per heavy atom. The summed E-state index contributed by atoms with van der Waals surface area (Å²) in [5, 5.41) is 9.41. The number of carboxylic acids is 1. The third-order valence-corrected chi connectivity index (χ3v) is 4.39. The maximum atomic E-state index is 11.5. The molecule has 1 unspecified atom stereocenters. The second kappa shape index (κ2) is 4.62. The first-order valence-electron chi connectivity index (χ1n) is 7.31. The zero-order valence-corrected chi connectivity index (χ0v) is 11.6. The summed E-state index contributed by atoms with van der Waals surface area (Å²) in [7, 11) is 0. The van der Waals surface area contributed by atoms with Crippen molar-refractivity contribution in [3.05, 3.63) is 48.0 Å². The van der Waals surface area contributed by atoms with E-state index in [2.05, 4.69) is 14.5 Å². The van der Waals surface area contributed by atoms with Crippen LogP contribution in [0.3, 0.4) is 0 Å². The lowest BCUT2D eigenvalue weighted by Gasteiger charge is -2.20. The molecule has 0 saturated heterocycles. The lowest BCUT2D eigenvalue weighted by molar-refractivity contribution is -0.138. The van der Waals surface area contributed by atoms with E-state index in [-0.39, 0.29) is 0 Å². The van der Waals surface area contributed by atoms with Gasteiger partial charge >= 0.3 is 5.97 Å². The average Bonchev–Trinajstić information content (AvgIpc) is 3.11. The van der Waals surface area contributed by atoms with E-state index in [1.54, 1.807) is 0 Å². The fourth-order valence-corrected chi connectivity index (χ4v) is 3.18.